The Morgan fingerprint density at radius 3 is 2.27 bits per heavy atom. The van der Waals surface area contributed by atoms with Gasteiger partial charge in [0.25, 0.3) is 6.43 Å². The number of nitrogens with zero attached hydrogens (tertiary/aromatic N) is 1. The summed E-state index contributed by atoms with van der Waals surface area (Å²) < 4.78 is 46.6. The summed E-state index contributed by atoms with van der Waals surface area (Å²) in [6, 6.07) is 0.763. The maximum atomic E-state index is 12.4. The molecule has 6 N–H and O–H groups in total. The van der Waals surface area contributed by atoms with Crippen molar-refractivity contribution in [3.8, 4) is 0 Å². The Kier molecular flexibility index (Phi) is 2.77. The van der Waals surface area contributed by atoms with Gasteiger partial charge in [-0.05, 0) is 6.07 Å². The molecular weight excluding hydrogens is 230 g/mol. The molecule has 0 aliphatic carbocycles. The van der Waals surface area contributed by atoms with Gasteiger partial charge >= 0.3 is 0 Å². The largest absolute Gasteiger partial charge is 0.396 e. The Labute approximate surface area is 84.1 Å². The number of primary sulfonamides is 1. The molecule has 1 aromatic rings. The van der Waals surface area contributed by atoms with Gasteiger partial charge in [0.15, 0.2) is 0 Å². The van der Waals surface area contributed by atoms with E-state index in [2.05, 4.69) is 4.98 Å². The SMILES string of the molecule is Nc1cc(S(N)(=O)=O)c(C(F)F)nc1N. The lowest BCUT2D eigenvalue weighted by Gasteiger charge is -2.08. The number of halogens is 2. The zero-order valence-electron chi connectivity index (χ0n) is 7.31. The third-order valence-corrected chi connectivity index (χ3v) is 2.53. The molecule has 0 unspecified atom stereocenters. The van der Waals surface area contributed by atoms with E-state index in [9.17, 15) is 17.2 Å². The number of nitrogen functional groups attached to an aromatic ring is 2. The van der Waals surface area contributed by atoms with Crippen molar-refractivity contribution in [3.63, 3.8) is 0 Å². The minimum Gasteiger partial charge on any atom is -0.396 e. The summed E-state index contributed by atoms with van der Waals surface area (Å²) in [4.78, 5) is 2.37. The highest BCUT2D eigenvalue weighted by molar-refractivity contribution is 7.89. The standard InChI is InChI=1S/C6H8F2N4O2S/c7-5(8)4-3(15(11,13)14)1-2(9)6(10)12-4/h1,5H,9H2,(H2,10,12)(H2,11,13,14). The second-order valence-electron chi connectivity index (χ2n) is 2.69. The quantitative estimate of drug-likeness (QED) is 0.659. The van der Waals surface area contributed by atoms with Gasteiger partial charge in [0.05, 0.1) is 5.69 Å². The van der Waals surface area contributed by atoms with E-state index in [1.165, 1.54) is 0 Å². The van der Waals surface area contributed by atoms with Crippen LogP contribution in [0.15, 0.2) is 11.0 Å². The highest BCUT2D eigenvalue weighted by Gasteiger charge is 2.23. The number of hydrogen-bond donors (Lipinski definition) is 3. The fourth-order valence-electron chi connectivity index (χ4n) is 0.923. The molecule has 1 heterocycles. The van der Waals surface area contributed by atoms with Crippen LogP contribution < -0.4 is 16.6 Å². The topological polar surface area (TPSA) is 125 Å². The molecule has 9 heteroatoms. The summed E-state index contributed by atoms with van der Waals surface area (Å²) >= 11 is 0. The van der Waals surface area contributed by atoms with Gasteiger partial charge in [-0.2, -0.15) is 0 Å². The summed E-state index contributed by atoms with van der Waals surface area (Å²) in [6.45, 7) is 0. The molecule has 0 saturated heterocycles. The first kappa shape index (κ1) is 11.6. The molecule has 0 amide bonds. The summed E-state index contributed by atoms with van der Waals surface area (Å²) in [5.74, 6) is -0.363. The third kappa shape index (κ3) is 2.30. The lowest BCUT2D eigenvalue weighted by atomic mass is 10.3. The fourth-order valence-corrected chi connectivity index (χ4v) is 1.64. The van der Waals surface area contributed by atoms with Crippen LogP contribution in [0.3, 0.4) is 0 Å². The molecule has 0 aliphatic rings. The van der Waals surface area contributed by atoms with Crippen molar-refractivity contribution in [1.82, 2.24) is 4.98 Å². The number of rotatable bonds is 2. The maximum absolute atomic E-state index is 12.4. The molecule has 6 nitrogen and oxygen atoms in total. The first-order valence-corrected chi connectivity index (χ1v) is 5.15. The Bertz CT molecular complexity index is 488. The highest BCUT2D eigenvalue weighted by Crippen LogP contribution is 2.27. The van der Waals surface area contributed by atoms with E-state index in [1.54, 1.807) is 0 Å². The van der Waals surface area contributed by atoms with Gasteiger partial charge in [-0.3, -0.25) is 0 Å². The van der Waals surface area contributed by atoms with Crippen LogP contribution in [0.5, 0.6) is 0 Å². The van der Waals surface area contributed by atoms with Gasteiger partial charge in [0.2, 0.25) is 10.0 Å². The number of alkyl halides is 2. The Morgan fingerprint density at radius 1 is 1.33 bits per heavy atom. The predicted molar refractivity (Wildman–Crippen MR) is 49.4 cm³/mol. The highest BCUT2D eigenvalue weighted by atomic mass is 32.2. The molecule has 15 heavy (non-hydrogen) atoms. The smallest absolute Gasteiger partial charge is 0.281 e. The van der Waals surface area contributed by atoms with Crippen molar-refractivity contribution in [2.24, 2.45) is 5.14 Å². The van der Waals surface area contributed by atoms with Crippen LogP contribution in [0.25, 0.3) is 0 Å². The van der Waals surface area contributed by atoms with Crippen molar-refractivity contribution in [2.45, 2.75) is 11.3 Å². The van der Waals surface area contributed by atoms with Crippen LogP contribution >= 0.6 is 0 Å². The first-order chi connectivity index (χ1) is 6.73. The van der Waals surface area contributed by atoms with Crippen molar-refractivity contribution >= 4 is 21.5 Å². The van der Waals surface area contributed by atoms with Gasteiger partial charge in [0.1, 0.15) is 16.4 Å². The second kappa shape index (κ2) is 3.59. The molecule has 0 bridgehead atoms. The van der Waals surface area contributed by atoms with Crippen LogP contribution in [-0.4, -0.2) is 13.4 Å². The van der Waals surface area contributed by atoms with E-state index in [0.717, 1.165) is 6.07 Å². The van der Waals surface area contributed by atoms with Gasteiger partial charge in [-0.25, -0.2) is 27.3 Å². The fraction of sp³-hybridized carbons (Fsp3) is 0.167. The number of hydrogen-bond acceptors (Lipinski definition) is 5. The van der Waals surface area contributed by atoms with E-state index in [4.69, 9.17) is 16.6 Å². The van der Waals surface area contributed by atoms with Gasteiger partial charge < -0.3 is 11.5 Å². The van der Waals surface area contributed by atoms with Crippen molar-refractivity contribution in [1.29, 1.82) is 0 Å². The minimum absolute atomic E-state index is 0.219. The summed E-state index contributed by atoms with van der Waals surface area (Å²) in [7, 11) is -4.30. The summed E-state index contributed by atoms with van der Waals surface area (Å²) in [6.07, 6.45) is -3.10. The lowest BCUT2D eigenvalue weighted by molar-refractivity contribution is 0.142. The molecule has 1 aromatic heterocycles. The Hall–Kier alpha value is -1.48. The van der Waals surface area contributed by atoms with Crippen LogP contribution in [0.4, 0.5) is 20.3 Å². The number of sulfonamides is 1. The van der Waals surface area contributed by atoms with Crippen LogP contribution in [0, 0.1) is 0 Å². The average Bonchev–Trinajstić information content (AvgIpc) is 2.06. The normalized spacial score (nSPS) is 12.0. The van der Waals surface area contributed by atoms with Crippen LogP contribution in [0.2, 0.25) is 0 Å². The van der Waals surface area contributed by atoms with Crippen molar-refractivity contribution in [3.05, 3.63) is 11.8 Å². The number of anilines is 2. The van der Waals surface area contributed by atoms with E-state index in [0.29, 0.717) is 0 Å². The number of pyridine rings is 1. The molecule has 0 saturated carbocycles. The predicted octanol–water partition coefficient (Wildman–Crippen LogP) is -0.169. The number of nitrogens with two attached hydrogens (primary N) is 3. The molecule has 0 fully saturated rings. The molecule has 0 atom stereocenters. The first-order valence-electron chi connectivity index (χ1n) is 3.60. The maximum Gasteiger partial charge on any atom is 0.281 e. The Morgan fingerprint density at radius 2 is 1.87 bits per heavy atom. The van der Waals surface area contributed by atoms with Crippen LogP contribution in [-0.2, 0) is 10.0 Å². The van der Waals surface area contributed by atoms with E-state index in [-0.39, 0.29) is 11.5 Å². The third-order valence-electron chi connectivity index (χ3n) is 1.59. The number of aromatic nitrogens is 1. The average molecular weight is 238 g/mol. The minimum atomic E-state index is -4.30. The molecule has 84 valence electrons. The summed E-state index contributed by atoms with van der Waals surface area (Å²) in [5.41, 5.74) is 9.18. The van der Waals surface area contributed by atoms with E-state index in [1.807, 2.05) is 0 Å². The monoisotopic (exact) mass is 238 g/mol. The lowest BCUT2D eigenvalue weighted by Crippen LogP contribution is -2.17. The second-order valence-corrected chi connectivity index (χ2v) is 4.22. The summed E-state index contributed by atoms with van der Waals surface area (Å²) in [5, 5.41) is 4.72. The zero-order valence-corrected chi connectivity index (χ0v) is 8.13. The van der Waals surface area contributed by atoms with E-state index < -0.39 is 27.0 Å². The van der Waals surface area contributed by atoms with Gasteiger partial charge in [-0.1, -0.05) is 0 Å². The molecule has 0 aromatic carbocycles. The van der Waals surface area contributed by atoms with Gasteiger partial charge in [-0.15, -0.1) is 0 Å². The van der Waals surface area contributed by atoms with Crippen molar-refractivity contribution in [2.75, 3.05) is 11.5 Å². The molecule has 1 rings (SSSR count). The molecular formula is C6H8F2N4O2S. The van der Waals surface area contributed by atoms with Gasteiger partial charge in [0, 0.05) is 0 Å². The molecule has 0 spiro atoms. The van der Waals surface area contributed by atoms with Crippen molar-refractivity contribution < 1.29 is 17.2 Å². The van der Waals surface area contributed by atoms with Crippen LogP contribution in [0.1, 0.15) is 12.1 Å². The Balaban J connectivity index is 3.56. The zero-order chi connectivity index (χ0) is 11.8. The molecule has 0 aliphatic heterocycles. The van der Waals surface area contributed by atoms with E-state index >= 15 is 0 Å². The molecule has 0 radical (unpaired) electrons.